The molecule has 4 aromatic rings. The predicted molar refractivity (Wildman–Crippen MR) is 185 cm³/mol. The number of carbonyl (C=O) groups excluding carboxylic acids is 1. The second-order valence-corrected chi connectivity index (χ2v) is 12.0. The molecule has 10 heteroatoms. The maximum Gasteiger partial charge on any atom is 0.411 e. The molecule has 0 atom stereocenters. The van der Waals surface area contributed by atoms with Crippen LogP contribution in [0.15, 0.2) is 93.7 Å². The minimum absolute atomic E-state index is 0.214. The van der Waals surface area contributed by atoms with Gasteiger partial charge < -0.3 is 19.3 Å². The first kappa shape index (κ1) is 32.0. The summed E-state index contributed by atoms with van der Waals surface area (Å²) in [5, 5.41) is 4.38. The highest BCUT2D eigenvalue weighted by Gasteiger charge is 2.19. The zero-order valence-corrected chi connectivity index (χ0v) is 26.9. The molecule has 9 nitrogen and oxygen atoms in total. The first-order chi connectivity index (χ1) is 22.0. The molecule has 2 aromatic heterocycles. The number of piperazine rings is 1. The second kappa shape index (κ2) is 15.5. The van der Waals surface area contributed by atoms with Crippen molar-refractivity contribution < 1.29 is 14.3 Å². The lowest BCUT2D eigenvalue weighted by molar-refractivity contribution is 0.0854. The number of carbonyl (C=O) groups is 1. The molecule has 0 N–H and O–H groups in total. The molecule has 0 radical (unpaired) electrons. The van der Waals surface area contributed by atoms with Crippen LogP contribution in [0, 0.1) is 0 Å². The highest BCUT2D eigenvalue weighted by molar-refractivity contribution is 7.17. The van der Waals surface area contributed by atoms with Gasteiger partial charge in [-0.2, -0.15) is 0 Å². The van der Waals surface area contributed by atoms with Gasteiger partial charge in [0.1, 0.15) is 5.75 Å². The number of rotatable bonds is 13. The molecule has 2 aromatic carbocycles. The summed E-state index contributed by atoms with van der Waals surface area (Å²) in [6.07, 6.45) is 6.89. The van der Waals surface area contributed by atoms with Crippen LogP contribution in [0.1, 0.15) is 19.8 Å². The molecule has 0 saturated carbocycles. The summed E-state index contributed by atoms with van der Waals surface area (Å²) in [6, 6.07) is 17.7. The number of pyridine rings is 1. The van der Waals surface area contributed by atoms with Crippen molar-refractivity contribution in [2.24, 2.45) is 4.99 Å². The van der Waals surface area contributed by atoms with Gasteiger partial charge in [0.05, 0.1) is 24.4 Å². The molecule has 0 bridgehead atoms. The predicted octanol–water partition coefficient (Wildman–Crippen LogP) is 6.38. The highest BCUT2D eigenvalue weighted by Crippen LogP contribution is 2.31. The molecular formula is C35H41N5O4S. The summed E-state index contributed by atoms with van der Waals surface area (Å²) in [7, 11) is 1.61. The Hall–Kier alpha value is -4.41. The van der Waals surface area contributed by atoms with Crippen LogP contribution < -0.4 is 15.2 Å². The Balaban J connectivity index is 1.09. The van der Waals surface area contributed by atoms with E-state index < -0.39 is 6.09 Å². The maximum absolute atomic E-state index is 12.7. The first-order valence-corrected chi connectivity index (χ1v) is 16.2. The number of nitrogens with zero attached hydrogens (tertiary/aromatic N) is 5. The van der Waals surface area contributed by atoms with Gasteiger partial charge in [-0.3, -0.25) is 19.3 Å². The molecule has 1 fully saturated rings. The van der Waals surface area contributed by atoms with Crippen LogP contribution in [0.2, 0.25) is 0 Å². The fourth-order valence-corrected chi connectivity index (χ4v) is 6.29. The Morgan fingerprint density at radius 3 is 2.71 bits per heavy atom. The largest absolute Gasteiger partial charge is 0.494 e. The Kier molecular flexibility index (Phi) is 11.1. The van der Waals surface area contributed by atoms with Gasteiger partial charge in [0.15, 0.2) is 6.73 Å². The average Bonchev–Trinajstić information content (AvgIpc) is 3.55. The number of fused-ring (bicyclic) bond motifs is 2. The van der Waals surface area contributed by atoms with Gasteiger partial charge in [0.2, 0.25) is 0 Å². The number of amides is 1. The summed E-state index contributed by atoms with van der Waals surface area (Å²) in [5.41, 5.74) is 2.36. The van der Waals surface area contributed by atoms with E-state index in [-0.39, 0.29) is 18.8 Å². The first-order valence-electron chi connectivity index (χ1n) is 15.3. The molecule has 0 aliphatic carbocycles. The SMILES string of the molecule is C=N/C(=C\C=C/C)CN(C)C(=O)OCn1c(=O)ccc2ccc(OCCCCN3CCN(c4cccc5sccc45)CC3)cc21. The number of allylic oxidation sites excluding steroid dienone is 3. The number of likely N-dealkylation sites (N-methyl/N-ethyl adjacent to an activating group) is 1. The standard InChI is InChI=1S/C35H41N5O4S/c1-4-5-9-28(36-2)25-37(3)35(42)44-26-40-32-24-29(14-12-27(32)13-15-34(40)41)43-22-7-6-17-38-18-20-39(21-19-38)31-10-8-11-33-30(31)16-23-45-33/h4-5,8-16,23-24H,2,6-7,17-22,25-26H2,1,3H3/b5-4-,28-9-. The Bertz CT molecular complexity index is 1730. The van der Waals surface area contributed by atoms with Gasteiger partial charge >= 0.3 is 6.09 Å². The minimum atomic E-state index is -0.567. The lowest BCUT2D eigenvalue weighted by Crippen LogP contribution is -2.46. The molecular weight excluding hydrogens is 586 g/mol. The van der Waals surface area contributed by atoms with Gasteiger partial charge in [0, 0.05) is 61.1 Å². The summed E-state index contributed by atoms with van der Waals surface area (Å²) in [5.74, 6) is 0.678. The Morgan fingerprint density at radius 2 is 1.91 bits per heavy atom. The van der Waals surface area contributed by atoms with E-state index in [0.717, 1.165) is 51.0 Å². The molecule has 1 aliphatic rings. The van der Waals surface area contributed by atoms with Gasteiger partial charge in [-0.05, 0) is 86.3 Å². The smallest absolute Gasteiger partial charge is 0.411 e. The minimum Gasteiger partial charge on any atom is -0.494 e. The Morgan fingerprint density at radius 1 is 1.09 bits per heavy atom. The van der Waals surface area contributed by atoms with Gasteiger partial charge in [0.25, 0.3) is 5.56 Å². The van der Waals surface area contributed by atoms with Crippen LogP contribution in [-0.4, -0.2) is 80.1 Å². The number of hydrogen-bond donors (Lipinski definition) is 0. The van der Waals surface area contributed by atoms with Gasteiger partial charge in [-0.25, -0.2) is 4.79 Å². The molecule has 5 rings (SSSR count). The molecule has 236 valence electrons. The van der Waals surface area contributed by atoms with Crippen molar-refractivity contribution >= 4 is 50.8 Å². The van der Waals surface area contributed by atoms with Crippen LogP contribution >= 0.6 is 11.3 Å². The van der Waals surface area contributed by atoms with Crippen molar-refractivity contribution in [2.75, 3.05) is 57.8 Å². The lowest BCUT2D eigenvalue weighted by Gasteiger charge is -2.36. The van der Waals surface area contributed by atoms with Crippen LogP contribution in [0.5, 0.6) is 5.75 Å². The van der Waals surface area contributed by atoms with E-state index in [4.69, 9.17) is 9.47 Å². The topological polar surface area (TPSA) is 79.6 Å². The van der Waals surface area contributed by atoms with E-state index in [1.165, 1.54) is 31.3 Å². The number of benzene rings is 2. The zero-order chi connectivity index (χ0) is 31.6. The molecule has 0 spiro atoms. The second-order valence-electron chi connectivity index (χ2n) is 11.1. The fourth-order valence-electron chi connectivity index (χ4n) is 5.48. The van der Waals surface area contributed by atoms with Crippen LogP contribution in [0.3, 0.4) is 0 Å². The monoisotopic (exact) mass is 627 g/mol. The molecule has 1 aliphatic heterocycles. The molecule has 1 amide bonds. The average molecular weight is 628 g/mol. The van der Waals surface area contributed by atoms with E-state index in [1.54, 1.807) is 30.5 Å². The van der Waals surface area contributed by atoms with Crippen molar-refractivity contribution in [1.29, 1.82) is 0 Å². The third-order valence-electron chi connectivity index (χ3n) is 8.00. The van der Waals surface area contributed by atoms with Crippen molar-refractivity contribution in [1.82, 2.24) is 14.4 Å². The molecule has 0 unspecified atom stereocenters. The number of aliphatic imine (C=N–C) groups is 1. The van der Waals surface area contributed by atoms with E-state index in [0.29, 0.717) is 23.6 Å². The third-order valence-corrected chi connectivity index (χ3v) is 8.88. The van der Waals surface area contributed by atoms with Crippen molar-refractivity contribution in [3.8, 4) is 5.75 Å². The quantitative estimate of drug-likeness (QED) is 0.0972. The van der Waals surface area contributed by atoms with Gasteiger partial charge in [-0.1, -0.05) is 18.2 Å². The number of anilines is 1. The summed E-state index contributed by atoms with van der Waals surface area (Å²) < 4.78 is 14.3. The van der Waals surface area contributed by atoms with E-state index in [1.807, 2.05) is 37.3 Å². The number of ether oxygens (including phenoxy) is 2. The summed E-state index contributed by atoms with van der Waals surface area (Å²) in [6.45, 7) is 11.3. The molecule has 45 heavy (non-hydrogen) atoms. The number of thiophene rings is 1. The van der Waals surface area contributed by atoms with Crippen molar-refractivity contribution in [3.05, 3.63) is 94.3 Å². The van der Waals surface area contributed by atoms with E-state index in [9.17, 15) is 9.59 Å². The van der Waals surface area contributed by atoms with Crippen LogP contribution in [-0.2, 0) is 11.5 Å². The molecule has 1 saturated heterocycles. The normalized spacial score (nSPS) is 14.4. The number of unbranched alkanes of at least 4 members (excludes halogenated alkanes) is 1. The lowest BCUT2D eigenvalue weighted by atomic mass is 10.2. The van der Waals surface area contributed by atoms with E-state index >= 15 is 0 Å². The Labute approximate surface area is 268 Å². The van der Waals surface area contributed by atoms with Crippen LogP contribution in [0.25, 0.3) is 21.0 Å². The van der Waals surface area contributed by atoms with Crippen molar-refractivity contribution in [3.63, 3.8) is 0 Å². The third kappa shape index (κ3) is 8.20. The highest BCUT2D eigenvalue weighted by atomic mass is 32.1. The fraction of sp³-hybridized carbons (Fsp3) is 0.343. The summed E-state index contributed by atoms with van der Waals surface area (Å²) in [4.78, 5) is 35.8. The van der Waals surface area contributed by atoms with E-state index in [2.05, 4.69) is 51.2 Å². The number of aromatic nitrogens is 1. The van der Waals surface area contributed by atoms with Crippen LogP contribution in [0.4, 0.5) is 10.5 Å². The summed E-state index contributed by atoms with van der Waals surface area (Å²) >= 11 is 1.80. The number of hydrogen-bond acceptors (Lipinski definition) is 8. The van der Waals surface area contributed by atoms with Gasteiger partial charge in [-0.15, -0.1) is 11.3 Å². The maximum atomic E-state index is 12.7. The zero-order valence-electron chi connectivity index (χ0n) is 26.1. The van der Waals surface area contributed by atoms with Crippen molar-refractivity contribution in [2.45, 2.75) is 26.5 Å². The molecule has 3 heterocycles.